The first-order valence-electron chi connectivity index (χ1n) is 7.56. The molecule has 0 aromatic heterocycles. The average Bonchev–Trinajstić information content (AvgIpc) is 2.39. The van der Waals surface area contributed by atoms with E-state index in [2.05, 4.69) is 11.8 Å². The summed E-state index contributed by atoms with van der Waals surface area (Å²) in [6.45, 7) is 9.08. The molecule has 2 unspecified atom stereocenters. The van der Waals surface area contributed by atoms with Gasteiger partial charge in [-0.1, -0.05) is 0 Å². The van der Waals surface area contributed by atoms with E-state index in [0.717, 1.165) is 38.9 Å². The summed E-state index contributed by atoms with van der Waals surface area (Å²) in [5.41, 5.74) is 5.11. The minimum absolute atomic E-state index is 0.0363. The van der Waals surface area contributed by atoms with E-state index in [-0.39, 0.29) is 11.6 Å². The Morgan fingerprint density at radius 3 is 2.80 bits per heavy atom. The Morgan fingerprint density at radius 1 is 1.50 bits per heavy atom. The maximum absolute atomic E-state index is 11.7. The fourth-order valence-electron chi connectivity index (χ4n) is 2.73. The van der Waals surface area contributed by atoms with Crippen molar-refractivity contribution in [3.05, 3.63) is 0 Å². The van der Waals surface area contributed by atoms with Gasteiger partial charge in [0.15, 0.2) is 0 Å². The molecule has 2 N–H and O–H groups in total. The van der Waals surface area contributed by atoms with Crippen molar-refractivity contribution >= 4 is 5.97 Å². The predicted molar refractivity (Wildman–Crippen MR) is 79.5 cm³/mol. The highest BCUT2D eigenvalue weighted by atomic mass is 16.5. The standard InChI is InChI=1S/C15H30N2O3/c1-5-20-13(18)15(3,16)9-7-11-17-10-6-8-14(2,12-17)19-4/h5-12,16H2,1-4H3. The van der Waals surface area contributed by atoms with E-state index in [1.807, 2.05) is 0 Å². The molecule has 0 aromatic carbocycles. The molecule has 0 radical (unpaired) electrons. The molecule has 2 atom stereocenters. The molecule has 0 aliphatic carbocycles. The topological polar surface area (TPSA) is 64.8 Å². The molecular weight excluding hydrogens is 256 g/mol. The maximum Gasteiger partial charge on any atom is 0.325 e. The van der Waals surface area contributed by atoms with Gasteiger partial charge >= 0.3 is 5.97 Å². The van der Waals surface area contributed by atoms with Gasteiger partial charge < -0.3 is 20.1 Å². The highest BCUT2D eigenvalue weighted by Gasteiger charge is 2.32. The van der Waals surface area contributed by atoms with Crippen LogP contribution in [0.1, 0.15) is 46.5 Å². The lowest BCUT2D eigenvalue weighted by Gasteiger charge is -2.39. The molecular formula is C15H30N2O3. The van der Waals surface area contributed by atoms with Gasteiger partial charge in [0, 0.05) is 13.7 Å². The zero-order chi connectivity index (χ0) is 15.2. The van der Waals surface area contributed by atoms with Gasteiger partial charge in [-0.3, -0.25) is 4.79 Å². The number of esters is 1. The summed E-state index contributed by atoms with van der Waals surface area (Å²) in [6, 6.07) is 0. The first kappa shape index (κ1) is 17.4. The number of nitrogens with two attached hydrogens (primary N) is 1. The first-order valence-corrected chi connectivity index (χ1v) is 7.56. The number of hydrogen-bond acceptors (Lipinski definition) is 5. The molecule has 5 nitrogen and oxygen atoms in total. The van der Waals surface area contributed by atoms with Crippen molar-refractivity contribution in [3.63, 3.8) is 0 Å². The molecule has 20 heavy (non-hydrogen) atoms. The molecule has 118 valence electrons. The average molecular weight is 286 g/mol. The molecule has 5 heteroatoms. The first-order chi connectivity index (χ1) is 9.33. The van der Waals surface area contributed by atoms with Crippen molar-refractivity contribution in [2.75, 3.05) is 33.4 Å². The summed E-state index contributed by atoms with van der Waals surface area (Å²) in [5, 5.41) is 0. The van der Waals surface area contributed by atoms with Crippen molar-refractivity contribution in [2.24, 2.45) is 5.73 Å². The molecule has 0 spiro atoms. The monoisotopic (exact) mass is 286 g/mol. The minimum Gasteiger partial charge on any atom is -0.465 e. The SMILES string of the molecule is CCOC(=O)C(C)(N)CCCN1CCCC(C)(OC)C1. The van der Waals surface area contributed by atoms with Gasteiger partial charge in [-0.2, -0.15) is 0 Å². The van der Waals surface area contributed by atoms with E-state index >= 15 is 0 Å². The molecule has 1 aliphatic heterocycles. The van der Waals surface area contributed by atoms with Crippen molar-refractivity contribution < 1.29 is 14.3 Å². The van der Waals surface area contributed by atoms with Crippen LogP contribution in [0.25, 0.3) is 0 Å². The van der Waals surface area contributed by atoms with Crippen LogP contribution >= 0.6 is 0 Å². The van der Waals surface area contributed by atoms with E-state index in [0.29, 0.717) is 13.0 Å². The van der Waals surface area contributed by atoms with E-state index in [1.165, 1.54) is 0 Å². The van der Waals surface area contributed by atoms with Gasteiger partial charge in [0.25, 0.3) is 0 Å². The van der Waals surface area contributed by atoms with E-state index in [4.69, 9.17) is 15.2 Å². The van der Waals surface area contributed by atoms with Crippen molar-refractivity contribution in [2.45, 2.75) is 57.6 Å². The number of likely N-dealkylation sites (tertiary alicyclic amines) is 1. The second-order valence-corrected chi connectivity index (χ2v) is 6.28. The summed E-state index contributed by atoms with van der Waals surface area (Å²) in [4.78, 5) is 14.1. The van der Waals surface area contributed by atoms with E-state index < -0.39 is 5.54 Å². The Balaban J connectivity index is 2.35. The van der Waals surface area contributed by atoms with Gasteiger partial charge in [-0.15, -0.1) is 0 Å². The van der Waals surface area contributed by atoms with Crippen LogP contribution in [-0.2, 0) is 14.3 Å². The largest absolute Gasteiger partial charge is 0.465 e. The number of carbonyl (C=O) groups excluding carboxylic acids is 1. The number of nitrogens with zero attached hydrogens (tertiary/aromatic N) is 1. The number of rotatable bonds is 7. The Labute approximate surface area is 122 Å². The predicted octanol–water partition coefficient (Wildman–Crippen LogP) is 1.55. The fraction of sp³-hybridized carbons (Fsp3) is 0.933. The van der Waals surface area contributed by atoms with E-state index in [9.17, 15) is 4.79 Å². The minimum atomic E-state index is -0.879. The highest BCUT2D eigenvalue weighted by Crippen LogP contribution is 2.24. The van der Waals surface area contributed by atoms with Crippen molar-refractivity contribution in [1.29, 1.82) is 0 Å². The molecule has 1 aliphatic rings. The number of ether oxygens (including phenoxy) is 2. The van der Waals surface area contributed by atoms with Crippen LogP contribution in [0.5, 0.6) is 0 Å². The smallest absolute Gasteiger partial charge is 0.325 e. The number of carbonyl (C=O) groups is 1. The molecule has 0 saturated carbocycles. The van der Waals surface area contributed by atoms with Gasteiger partial charge in [0.2, 0.25) is 0 Å². The lowest BCUT2D eigenvalue weighted by Crippen LogP contribution is -2.49. The lowest BCUT2D eigenvalue weighted by atomic mass is 9.93. The highest BCUT2D eigenvalue weighted by molar-refractivity contribution is 5.79. The van der Waals surface area contributed by atoms with Gasteiger partial charge in [-0.05, 0) is 59.5 Å². The number of hydrogen-bond donors (Lipinski definition) is 1. The molecule has 1 fully saturated rings. The quantitative estimate of drug-likeness (QED) is 0.719. The normalized spacial score (nSPS) is 27.1. The summed E-state index contributed by atoms with van der Waals surface area (Å²) >= 11 is 0. The van der Waals surface area contributed by atoms with Crippen molar-refractivity contribution in [1.82, 2.24) is 4.90 Å². The summed E-state index contributed by atoms with van der Waals surface area (Å²) in [6.07, 6.45) is 3.80. The lowest BCUT2D eigenvalue weighted by molar-refractivity contribution is -0.149. The van der Waals surface area contributed by atoms with Crippen LogP contribution in [0.2, 0.25) is 0 Å². The van der Waals surface area contributed by atoms with Gasteiger partial charge in [0.1, 0.15) is 5.54 Å². The molecule has 0 amide bonds. The molecule has 0 aromatic rings. The number of piperidine rings is 1. The zero-order valence-electron chi connectivity index (χ0n) is 13.4. The molecule has 1 rings (SSSR count). The zero-order valence-corrected chi connectivity index (χ0v) is 13.4. The molecule has 1 saturated heterocycles. The Morgan fingerprint density at radius 2 is 2.20 bits per heavy atom. The summed E-state index contributed by atoms with van der Waals surface area (Å²) in [5.74, 6) is -0.305. The van der Waals surface area contributed by atoms with Crippen molar-refractivity contribution in [3.8, 4) is 0 Å². The van der Waals surface area contributed by atoms with Crippen LogP contribution in [0, 0.1) is 0 Å². The van der Waals surface area contributed by atoms with Gasteiger partial charge in [-0.25, -0.2) is 0 Å². The summed E-state index contributed by atoms with van der Waals surface area (Å²) in [7, 11) is 1.78. The Bertz CT molecular complexity index is 320. The van der Waals surface area contributed by atoms with Gasteiger partial charge in [0.05, 0.1) is 12.2 Å². The Hall–Kier alpha value is -0.650. The van der Waals surface area contributed by atoms with Crippen LogP contribution in [-0.4, -0.2) is 55.4 Å². The van der Waals surface area contributed by atoms with Crippen LogP contribution < -0.4 is 5.73 Å². The second-order valence-electron chi connectivity index (χ2n) is 6.28. The summed E-state index contributed by atoms with van der Waals surface area (Å²) < 4.78 is 10.6. The third-order valence-electron chi connectivity index (χ3n) is 4.14. The Kier molecular flexibility index (Phi) is 6.43. The van der Waals surface area contributed by atoms with Crippen LogP contribution in [0.4, 0.5) is 0 Å². The number of methoxy groups -OCH3 is 1. The third kappa shape index (κ3) is 5.04. The van der Waals surface area contributed by atoms with Crippen LogP contribution in [0.3, 0.4) is 0 Å². The maximum atomic E-state index is 11.7. The second kappa shape index (κ2) is 7.38. The molecule has 1 heterocycles. The molecule has 0 bridgehead atoms. The third-order valence-corrected chi connectivity index (χ3v) is 4.14. The fourth-order valence-corrected chi connectivity index (χ4v) is 2.73. The van der Waals surface area contributed by atoms with E-state index in [1.54, 1.807) is 21.0 Å². The van der Waals surface area contributed by atoms with Crippen LogP contribution in [0.15, 0.2) is 0 Å².